The van der Waals surface area contributed by atoms with Gasteiger partial charge in [0, 0.05) is 6.54 Å². The summed E-state index contributed by atoms with van der Waals surface area (Å²) >= 11 is 5.76. The van der Waals surface area contributed by atoms with Crippen LogP contribution in [0.4, 0.5) is 11.5 Å². The van der Waals surface area contributed by atoms with Crippen molar-refractivity contribution in [1.82, 2.24) is 9.97 Å². The SMILES string of the molecule is C#CCN(CC)c1ncnc(Cl)c1N. The Morgan fingerprint density at radius 2 is 2.36 bits per heavy atom. The van der Waals surface area contributed by atoms with Crippen molar-refractivity contribution in [3.63, 3.8) is 0 Å². The highest BCUT2D eigenvalue weighted by atomic mass is 35.5. The van der Waals surface area contributed by atoms with E-state index in [4.69, 9.17) is 23.8 Å². The molecule has 0 fully saturated rings. The third-order valence-electron chi connectivity index (χ3n) is 1.78. The maximum atomic E-state index is 5.76. The molecule has 2 N–H and O–H groups in total. The molecule has 0 atom stereocenters. The number of nitrogens with two attached hydrogens (primary N) is 1. The van der Waals surface area contributed by atoms with Crippen molar-refractivity contribution < 1.29 is 0 Å². The molecule has 1 heterocycles. The molecule has 4 nitrogen and oxygen atoms in total. The van der Waals surface area contributed by atoms with Crippen LogP contribution >= 0.6 is 11.6 Å². The Bertz CT molecular complexity index is 358. The number of aromatic nitrogens is 2. The Hall–Kier alpha value is -1.47. The third kappa shape index (κ3) is 2.06. The van der Waals surface area contributed by atoms with Crippen LogP contribution in [0.2, 0.25) is 5.15 Å². The summed E-state index contributed by atoms with van der Waals surface area (Å²) < 4.78 is 0. The highest BCUT2D eigenvalue weighted by Gasteiger charge is 2.11. The van der Waals surface area contributed by atoms with Crippen LogP contribution < -0.4 is 10.6 Å². The van der Waals surface area contributed by atoms with Crippen molar-refractivity contribution >= 4 is 23.1 Å². The number of hydrogen-bond donors (Lipinski definition) is 1. The molecule has 0 radical (unpaired) electrons. The van der Waals surface area contributed by atoms with E-state index in [0.717, 1.165) is 6.54 Å². The van der Waals surface area contributed by atoms with E-state index in [1.807, 2.05) is 11.8 Å². The Balaban J connectivity index is 3.05. The van der Waals surface area contributed by atoms with Crippen molar-refractivity contribution in [2.75, 3.05) is 23.7 Å². The van der Waals surface area contributed by atoms with Gasteiger partial charge in [-0.15, -0.1) is 6.42 Å². The molecular weight excluding hydrogens is 200 g/mol. The van der Waals surface area contributed by atoms with Gasteiger partial charge in [-0.3, -0.25) is 0 Å². The van der Waals surface area contributed by atoms with E-state index in [2.05, 4.69) is 15.9 Å². The van der Waals surface area contributed by atoms with Gasteiger partial charge in [0.15, 0.2) is 11.0 Å². The summed E-state index contributed by atoms with van der Waals surface area (Å²) in [6, 6.07) is 0. The third-order valence-corrected chi connectivity index (χ3v) is 2.08. The molecule has 0 unspecified atom stereocenters. The van der Waals surface area contributed by atoms with Crippen LogP contribution in [0.3, 0.4) is 0 Å². The molecule has 0 aliphatic heterocycles. The molecule has 0 aliphatic rings. The zero-order valence-electron chi connectivity index (χ0n) is 7.87. The normalized spacial score (nSPS) is 9.50. The molecule has 1 aromatic rings. The molecule has 14 heavy (non-hydrogen) atoms. The van der Waals surface area contributed by atoms with Crippen molar-refractivity contribution in [1.29, 1.82) is 0 Å². The topological polar surface area (TPSA) is 55.0 Å². The quantitative estimate of drug-likeness (QED) is 0.601. The van der Waals surface area contributed by atoms with Gasteiger partial charge in [0.1, 0.15) is 12.0 Å². The van der Waals surface area contributed by atoms with Gasteiger partial charge in [-0.1, -0.05) is 17.5 Å². The van der Waals surface area contributed by atoms with Crippen molar-refractivity contribution in [3.8, 4) is 12.3 Å². The van der Waals surface area contributed by atoms with Crippen LogP contribution in [0.25, 0.3) is 0 Å². The summed E-state index contributed by atoms with van der Waals surface area (Å²) in [5, 5.41) is 0.255. The fourth-order valence-electron chi connectivity index (χ4n) is 1.06. The minimum Gasteiger partial charge on any atom is -0.393 e. The van der Waals surface area contributed by atoms with Gasteiger partial charge in [0.2, 0.25) is 0 Å². The van der Waals surface area contributed by atoms with Crippen LogP contribution in [0.5, 0.6) is 0 Å². The molecule has 1 rings (SSSR count). The summed E-state index contributed by atoms with van der Waals surface area (Å²) in [6.45, 7) is 3.14. The lowest BCUT2D eigenvalue weighted by Crippen LogP contribution is -2.25. The second-order valence-corrected chi connectivity index (χ2v) is 2.98. The van der Waals surface area contributed by atoms with E-state index >= 15 is 0 Å². The van der Waals surface area contributed by atoms with Gasteiger partial charge in [-0.05, 0) is 6.92 Å². The molecule has 0 aromatic carbocycles. The summed E-state index contributed by atoms with van der Waals surface area (Å²) in [6.07, 6.45) is 6.59. The molecule has 0 saturated heterocycles. The van der Waals surface area contributed by atoms with E-state index in [1.54, 1.807) is 0 Å². The molecule has 0 amide bonds. The molecule has 0 spiro atoms. The number of hydrogen-bond acceptors (Lipinski definition) is 4. The second-order valence-electron chi connectivity index (χ2n) is 2.62. The second kappa shape index (κ2) is 4.68. The molecule has 0 bridgehead atoms. The first-order valence-corrected chi connectivity index (χ1v) is 4.52. The number of nitrogens with zero attached hydrogens (tertiary/aromatic N) is 3. The van der Waals surface area contributed by atoms with E-state index < -0.39 is 0 Å². The fourth-order valence-corrected chi connectivity index (χ4v) is 1.19. The van der Waals surface area contributed by atoms with Crippen LogP contribution in [0.1, 0.15) is 6.92 Å². The Morgan fingerprint density at radius 3 is 2.93 bits per heavy atom. The summed E-state index contributed by atoms with van der Waals surface area (Å²) in [4.78, 5) is 9.66. The minimum absolute atomic E-state index is 0.255. The van der Waals surface area contributed by atoms with Gasteiger partial charge >= 0.3 is 0 Å². The summed E-state index contributed by atoms with van der Waals surface area (Å²) in [7, 11) is 0. The zero-order valence-corrected chi connectivity index (χ0v) is 8.62. The van der Waals surface area contributed by atoms with Gasteiger partial charge in [0.05, 0.1) is 6.54 Å². The van der Waals surface area contributed by atoms with E-state index in [0.29, 0.717) is 18.1 Å². The predicted octanol–water partition coefficient (Wildman–Crippen LogP) is 1.17. The number of halogens is 1. The van der Waals surface area contributed by atoms with Crippen molar-refractivity contribution in [3.05, 3.63) is 11.5 Å². The molecule has 74 valence electrons. The Kier molecular flexibility index (Phi) is 3.55. The van der Waals surface area contributed by atoms with Crippen LogP contribution in [0.15, 0.2) is 6.33 Å². The Morgan fingerprint density at radius 1 is 1.64 bits per heavy atom. The number of rotatable bonds is 3. The smallest absolute Gasteiger partial charge is 0.157 e. The van der Waals surface area contributed by atoms with Gasteiger partial charge in [-0.25, -0.2) is 9.97 Å². The first-order chi connectivity index (χ1) is 6.70. The summed E-state index contributed by atoms with van der Waals surface area (Å²) in [5.41, 5.74) is 6.09. The highest BCUT2D eigenvalue weighted by Crippen LogP contribution is 2.24. The lowest BCUT2D eigenvalue weighted by molar-refractivity contribution is 0.889. The standard InChI is InChI=1S/C9H11ClN4/c1-3-5-14(4-2)9-7(11)8(10)12-6-13-9/h1,6H,4-5,11H2,2H3. The number of terminal acetylenes is 1. The van der Waals surface area contributed by atoms with Gasteiger partial charge in [0.25, 0.3) is 0 Å². The first kappa shape index (κ1) is 10.6. The summed E-state index contributed by atoms with van der Waals surface area (Å²) in [5.74, 6) is 3.12. The lowest BCUT2D eigenvalue weighted by Gasteiger charge is -2.20. The largest absolute Gasteiger partial charge is 0.393 e. The lowest BCUT2D eigenvalue weighted by atomic mass is 10.4. The number of nitrogen functional groups attached to an aromatic ring is 1. The molecule has 0 aliphatic carbocycles. The maximum absolute atomic E-state index is 5.76. The van der Waals surface area contributed by atoms with E-state index in [1.165, 1.54) is 6.33 Å². The molecule has 5 heteroatoms. The monoisotopic (exact) mass is 210 g/mol. The molecule has 1 aromatic heterocycles. The van der Waals surface area contributed by atoms with E-state index in [-0.39, 0.29) is 5.15 Å². The first-order valence-electron chi connectivity index (χ1n) is 4.15. The highest BCUT2D eigenvalue weighted by molar-refractivity contribution is 6.32. The molecular formula is C9H11ClN4. The molecule has 0 saturated carbocycles. The van der Waals surface area contributed by atoms with Crippen LogP contribution in [0, 0.1) is 12.3 Å². The zero-order chi connectivity index (χ0) is 10.6. The van der Waals surface area contributed by atoms with Gasteiger partial charge in [-0.2, -0.15) is 0 Å². The predicted molar refractivity (Wildman–Crippen MR) is 58.2 cm³/mol. The number of anilines is 2. The average Bonchev–Trinajstić information content (AvgIpc) is 2.19. The van der Waals surface area contributed by atoms with Crippen LogP contribution in [-0.4, -0.2) is 23.1 Å². The Labute approximate surface area is 88.1 Å². The van der Waals surface area contributed by atoms with Gasteiger partial charge < -0.3 is 10.6 Å². The minimum atomic E-state index is 0.255. The van der Waals surface area contributed by atoms with E-state index in [9.17, 15) is 0 Å². The fraction of sp³-hybridized carbons (Fsp3) is 0.333. The van der Waals surface area contributed by atoms with Crippen LogP contribution in [-0.2, 0) is 0 Å². The average molecular weight is 211 g/mol. The van der Waals surface area contributed by atoms with Crippen molar-refractivity contribution in [2.45, 2.75) is 6.92 Å². The van der Waals surface area contributed by atoms with Crippen molar-refractivity contribution in [2.24, 2.45) is 0 Å². The maximum Gasteiger partial charge on any atom is 0.157 e.